The highest BCUT2D eigenvalue weighted by atomic mass is 32.2. The first kappa shape index (κ1) is 15.9. The molecule has 108 valence electrons. The van der Waals surface area contributed by atoms with Crippen molar-refractivity contribution in [2.45, 2.75) is 13.0 Å². The van der Waals surface area contributed by atoms with E-state index in [0.717, 1.165) is 11.8 Å². The number of carbonyl (C=O) groups is 3. The number of hydrogen-bond acceptors (Lipinski definition) is 6. The molecule has 0 aromatic carbocycles. The Bertz CT molecular complexity index is 483. The Morgan fingerprint density at radius 2 is 2.00 bits per heavy atom. The summed E-state index contributed by atoms with van der Waals surface area (Å²) in [6.07, 6.45) is 2.99. The Labute approximate surface area is 119 Å². The molecule has 1 heterocycles. The van der Waals surface area contributed by atoms with E-state index in [2.05, 4.69) is 20.6 Å². The molecule has 0 aliphatic rings. The van der Waals surface area contributed by atoms with E-state index in [-0.39, 0.29) is 23.4 Å². The van der Waals surface area contributed by atoms with Gasteiger partial charge in [0.1, 0.15) is 6.04 Å². The van der Waals surface area contributed by atoms with Gasteiger partial charge < -0.3 is 10.4 Å². The highest BCUT2D eigenvalue weighted by Crippen LogP contribution is 2.05. The molecule has 9 heteroatoms. The van der Waals surface area contributed by atoms with E-state index in [1.165, 1.54) is 19.3 Å². The van der Waals surface area contributed by atoms with Crippen LogP contribution in [0.15, 0.2) is 18.5 Å². The van der Waals surface area contributed by atoms with Crippen molar-refractivity contribution < 1.29 is 19.5 Å². The molecule has 8 nitrogen and oxygen atoms in total. The van der Waals surface area contributed by atoms with Gasteiger partial charge in [-0.1, -0.05) is 0 Å². The fraction of sp³-hybridized carbons (Fsp3) is 0.364. The lowest BCUT2D eigenvalue weighted by molar-refractivity contribution is -0.140. The van der Waals surface area contributed by atoms with Crippen LogP contribution < -0.4 is 10.6 Å². The number of carboxylic acid groups (broad SMARTS) is 1. The first-order chi connectivity index (χ1) is 9.49. The monoisotopic (exact) mass is 298 g/mol. The molecule has 0 fully saturated rings. The highest BCUT2D eigenvalue weighted by molar-refractivity contribution is 8.00. The van der Waals surface area contributed by atoms with Gasteiger partial charge in [0.25, 0.3) is 0 Å². The van der Waals surface area contributed by atoms with Crippen LogP contribution >= 0.6 is 11.8 Å². The third-order valence-electron chi connectivity index (χ3n) is 2.01. The van der Waals surface area contributed by atoms with Crippen molar-refractivity contribution in [1.82, 2.24) is 15.3 Å². The van der Waals surface area contributed by atoms with Crippen molar-refractivity contribution >= 4 is 35.5 Å². The molecule has 1 aromatic heterocycles. The topological polar surface area (TPSA) is 121 Å². The zero-order chi connectivity index (χ0) is 15.0. The number of carbonyl (C=O) groups excluding carboxylic acids is 2. The van der Waals surface area contributed by atoms with E-state index < -0.39 is 17.9 Å². The third kappa shape index (κ3) is 6.14. The summed E-state index contributed by atoms with van der Waals surface area (Å²) < 4.78 is 0. The molecule has 1 aromatic rings. The quantitative estimate of drug-likeness (QED) is 0.634. The zero-order valence-corrected chi connectivity index (χ0v) is 11.5. The molecule has 0 bridgehead atoms. The Kier molecular flexibility index (Phi) is 6.44. The maximum atomic E-state index is 11.5. The minimum absolute atomic E-state index is 0.0433. The van der Waals surface area contributed by atoms with Gasteiger partial charge in [-0.3, -0.25) is 14.9 Å². The lowest BCUT2D eigenvalue weighted by atomic mass is 10.3. The first-order valence-electron chi connectivity index (χ1n) is 5.63. The van der Waals surface area contributed by atoms with Gasteiger partial charge in [-0.2, -0.15) is 0 Å². The first-order valence-corrected chi connectivity index (χ1v) is 6.79. The molecule has 2 amide bonds. The van der Waals surface area contributed by atoms with Gasteiger partial charge in [-0.25, -0.2) is 14.8 Å². The number of nitrogens with zero attached hydrogens (tertiary/aromatic N) is 2. The van der Waals surface area contributed by atoms with E-state index in [9.17, 15) is 14.4 Å². The standard InChI is InChI=1S/C11H14N4O4S/c1-7(16)14-8(10(18)19)5-20-6-9(17)15-11-12-3-2-4-13-11/h2-4,8H,5-6H2,1H3,(H,14,16)(H,18,19)(H,12,13,15,17). The number of amides is 2. The molecule has 0 aliphatic carbocycles. The van der Waals surface area contributed by atoms with Crippen LogP contribution in [-0.4, -0.2) is 50.4 Å². The number of anilines is 1. The largest absolute Gasteiger partial charge is 0.480 e. The number of nitrogens with one attached hydrogen (secondary N) is 2. The van der Waals surface area contributed by atoms with E-state index >= 15 is 0 Å². The molecular formula is C11H14N4O4S. The molecule has 0 aliphatic heterocycles. The fourth-order valence-electron chi connectivity index (χ4n) is 1.21. The van der Waals surface area contributed by atoms with Crippen molar-refractivity contribution in [3.05, 3.63) is 18.5 Å². The molecule has 0 spiro atoms. The fourth-order valence-corrected chi connectivity index (χ4v) is 2.05. The van der Waals surface area contributed by atoms with Crippen LogP contribution in [0.4, 0.5) is 5.95 Å². The SMILES string of the molecule is CC(=O)NC(CSCC(=O)Nc1ncccn1)C(=O)O. The van der Waals surface area contributed by atoms with Crippen LogP contribution in [0.3, 0.4) is 0 Å². The average Bonchev–Trinajstić information content (AvgIpc) is 2.38. The van der Waals surface area contributed by atoms with Crippen LogP contribution in [0.1, 0.15) is 6.92 Å². The second-order valence-corrected chi connectivity index (χ2v) is 4.76. The van der Waals surface area contributed by atoms with Gasteiger partial charge in [-0.05, 0) is 6.07 Å². The van der Waals surface area contributed by atoms with Crippen LogP contribution in [0, 0.1) is 0 Å². The number of hydrogen-bond donors (Lipinski definition) is 3. The van der Waals surface area contributed by atoms with Gasteiger partial charge in [0.15, 0.2) is 0 Å². The lowest BCUT2D eigenvalue weighted by Gasteiger charge is -2.12. The molecular weight excluding hydrogens is 284 g/mol. The van der Waals surface area contributed by atoms with E-state index in [4.69, 9.17) is 5.11 Å². The van der Waals surface area contributed by atoms with Crippen molar-refractivity contribution in [3.63, 3.8) is 0 Å². The summed E-state index contributed by atoms with van der Waals surface area (Å²) in [7, 11) is 0. The average molecular weight is 298 g/mol. The van der Waals surface area contributed by atoms with Gasteiger partial charge in [0.05, 0.1) is 5.75 Å². The molecule has 1 rings (SSSR count). The molecule has 1 unspecified atom stereocenters. The zero-order valence-electron chi connectivity index (χ0n) is 10.7. The second-order valence-electron chi connectivity index (χ2n) is 3.73. The number of aromatic nitrogens is 2. The maximum Gasteiger partial charge on any atom is 0.327 e. The Morgan fingerprint density at radius 1 is 1.35 bits per heavy atom. The predicted molar refractivity (Wildman–Crippen MR) is 73.2 cm³/mol. The van der Waals surface area contributed by atoms with Crippen molar-refractivity contribution in [3.8, 4) is 0 Å². The summed E-state index contributed by atoms with van der Waals surface area (Å²) in [5.74, 6) is -1.58. The normalized spacial score (nSPS) is 11.4. The minimum atomic E-state index is -1.14. The van der Waals surface area contributed by atoms with Crippen LogP contribution in [0.25, 0.3) is 0 Å². The molecule has 0 saturated carbocycles. The van der Waals surface area contributed by atoms with E-state index in [1.807, 2.05) is 0 Å². The number of rotatable bonds is 7. The van der Waals surface area contributed by atoms with Gasteiger partial charge >= 0.3 is 5.97 Å². The maximum absolute atomic E-state index is 11.5. The molecule has 0 saturated heterocycles. The molecule has 3 N–H and O–H groups in total. The lowest BCUT2D eigenvalue weighted by Crippen LogP contribution is -2.41. The number of carboxylic acids is 1. The molecule has 20 heavy (non-hydrogen) atoms. The van der Waals surface area contributed by atoms with Gasteiger partial charge in [-0.15, -0.1) is 11.8 Å². The minimum Gasteiger partial charge on any atom is -0.480 e. The van der Waals surface area contributed by atoms with E-state index in [1.54, 1.807) is 6.07 Å². The van der Waals surface area contributed by atoms with Crippen molar-refractivity contribution in [2.75, 3.05) is 16.8 Å². The Morgan fingerprint density at radius 3 is 2.55 bits per heavy atom. The number of aliphatic carboxylic acids is 1. The van der Waals surface area contributed by atoms with Crippen LogP contribution in [0.2, 0.25) is 0 Å². The summed E-state index contributed by atoms with van der Waals surface area (Å²) in [4.78, 5) is 40.9. The summed E-state index contributed by atoms with van der Waals surface area (Å²) >= 11 is 1.10. The van der Waals surface area contributed by atoms with Gasteiger partial charge in [0.2, 0.25) is 17.8 Å². The van der Waals surface area contributed by atoms with Crippen LogP contribution in [-0.2, 0) is 14.4 Å². The predicted octanol–water partition coefficient (Wildman–Crippen LogP) is -0.262. The highest BCUT2D eigenvalue weighted by Gasteiger charge is 2.18. The Hall–Kier alpha value is -2.16. The smallest absolute Gasteiger partial charge is 0.327 e. The summed E-state index contributed by atoms with van der Waals surface area (Å²) in [5, 5.41) is 13.6. The van der Waals surface area contributed by atoms with Crippen molar-refractivity contribution in [1.29, 1.82) is 0 Å². The van der Waals surface area contributed by atoms with Gasteiger partial charge in [0, 0.05) is 25.1 Å². The Balaban J connectivity index is 2.33. The van der Waals surface area contributed by atoms with E-state index in [0.29, 0.717) is 0 Å². The summed E-state index contributed by atoms with van der Waals surface area (Å²) in [5.41, 5.74) is 0. The number of thioether (sulfide) groups is 1. The van der Waals surface area contributed by atoms with Crippen molar-refractivity contribution in [2.24, 2.45) is 0 Å². The second kappa shape index (κ2) is 8.10. The third-order valence-corrected chi connectivity index (χ3v) is 3.05. The summed E-state index contributed by atoms with van der Waals surface area (Å²) in [6, 6.07) is 0.605. The molecule has 1 atom stereocenters. The summed E-state index contributed by atoms with van der Waals surface area (Å²) in [6.45, 7) is 1.24. The molecule has 0 radical (unpaired) electrons. The van der Waals surface area contributed by atoms with Crippen LogP contribution in [0.5, 0.6) is 0 Å².